The summed E-state index contributed by atoms with van der Waals surface area (Å²) in [6.07, 6.45) is 0. The summed E-state index contributed by atoms with van der Waals surface area (Å²) < 4.78 is 10.9. The topological polar surface area (TPSA) is 47.1 Å². The summed E-state index contributed by atoms with van der Waals surface area (Å²) in [7, 11) is 1.66. The normalized spacial score (nSPS) is 10.7. The lowest BCUT2D eigenvalue weighted by atomic mass is 10.2. The molecule has 0 fully saturated rings. The zero-order chi connectivity index (χ0) is 13.9. The first-order valence-corrected chi connectivity index (χ1v) is 6.57. The van der Waals surface area contributed by atoms with Gasteiger partial charge in [0.1, 0.15) is 17.3 Å². The molecule has 0 radical (unpaired) electrons. The Morgan fingerprint density at radius 2 is 2.00 bits per heavy atom. The van der Waals surface area contributed by atoms with Gasteiger partial charge in [0.05, 0.1) is 30.3 Å². The number of benzene rings is 2. The number of aromatic nitrogens is 2. The Balaban J connectivity index is 2.10. The summed E-state index contributed by atoms with van der Waals surface area (Å²) in [6, 6.07) is 13.7. The Bertz CT molecular complexity index is 734. The van der Waals surface area contributed by atoms with Gasteiger partial charge in [-0.2, -0.15) is 0 Å². The highest BCUT2D eigenvalue weighted by Crippen LogP contribution is 2.30. The molecular weight excluding hydrogens is 252 g/mol. The maximum atomic E-state index is 5.65. The van der Waals surface area contributed by atoms with Gasteiger partial charge >= 0.3 is 0 Å². The Morgan fingerprint density at radius 1 is 1.15 bits per heavy atom. The average Bonchev–Trinajstić information content (AvgIpc) is 2.90. The monoisotopic (exact) mass is 268 g/mol. The van der Waals surface area contributed by atoms with E-state index in [0.29, 0.717) is 6.61 Å². The third-order valence-electron chi connectivity index (χ3n) is 3.13. The summed E-state index contributed by atoms with van der Waals surface area (Å²) in [5.74, 6) is 2.45. The molecule has 0 spiro atoms. The predicted octanol–water partition coefficient (Wildman–Crippen LogP) is 3.64. The smallest absolute Gasteiger partial charge is 0.142 e. The van der Waals surface area contributed by atoms with Crippen molar-refractivity contribution >= 4 is 11.0 Å². The number of fused-ring (bicyclic) bond motifs is 1. The van der Waals surface area contributed by atoms with Crippen LogP contribution in [0.15, 0.2) is 42.5 Å². The molecule has 1 N–H and O–H groups in total. The lowest BCUT2D eigenvalue weighted by molar-refractivity contribution is 0.341. The maximum Gasteiger partial charge on any atom is 0.142 e. The van der Waals surface area contributed by atoms with Crippen LogP contribution in [0, 0.1) is 0 Å². The highest BCUT2D eigenvalue weighted by molar-refractivity contribution is 5.81. The number of ether oxygens (including phenoxy) is 2. The zero-order valence-corrected chi connectivity index (χ0v) is 11.5. The number of methoxy groups -OCH3 is 1. The lowest BCUT2D eigenvalue weighted by Crippen LogP contribution is -1.94. The second kappa shape index (κ2) is 5.25. The van der Waals surface area contributed by atoms with E-state index in [4.69, 9.17) is 9.47 Å². The SMILES string of the molecule is CCOc1ccccc1-c1nc2ccc(OC)cc2[nH]1. The molecule has 1 heterocycles. The van der Waals surface area contributed by atoms with Crippen LogP contribution in [0.1, 0.15) is 6.92 Å². The number of nitrogens with one attached hydrogen (secondary N) is 1. The fourth-order valence-corrected chi connectivity index (χ4v) is 2.19. The van der Waals surface area contributed by atoms with E-state index >= 15 is 0 Å². The van der Waals surface area contributed by atoms with Crippen molar-refractivity contribution in [1.29, 1.82) is 0 Å². The van der Waals surface area contributed by atoms with E-state index in [1.165, 1.54) is 0 Å². The molecule has 20 heavy (non-hydrogen) atoms. The highest BCUT2D eigenvalue weighted by Gasteiger charge is 2.10. The van der Waals surface area contributed by atoms with Crippen LogP contribution in [-0.4, -0.2) is 23.7 Å². The molecule has 0 aliphatic heterocycles. The van der Waals surface area contributed by atoms with Crippen molar-refractivity contribution in [3.8, 4) is 22.9 Å². The summed E-state index contributed by atoms with van der Waals surface area (Å²) >= 11 is 0. The molecule has 0 saturated carbocycles. The van der Waals surface area contributed by atoms with Crippen LogP contribution < -0.4 is 9.47 Å². The van der Waals surface area contributed by atoms with Crippen molar-refractivity contribution < 1.29 is 9.47 Å². The molecule has 4 heteroatoms. The van der Waals surface area contributed by atoms with Crippen LogP contribution in [0.4, 0.5) is 0 Å². The van der Waals surface area contributed by atoms with E-state index in [0.717, 1.165) is 33.9 Å². The molecule has 102 valence electrons. The van der Waals surface area contributed by atoms with Crippen LogP contribution in [0.2, 0.25) is 0 Å². The van der Waals surface area contributed by atoms with Gasteiger partial charge in [-0.3, -0.25) is 0 Å². The van der Waals surface area contributed by atoms with Crippen molar-refractivity contribution in [1.82, 2.24) is 9.97 Å². The van der Waals surface area contributed by atoms with Crippen LogP contribution >= 0.6 is 0 Å². The highest BCUT2D eigenvalue weighted by atomic mass is 16.5. The van der Waals surface area contributed by atoms with Gasteiger partial charge in [-0.1, -0.05) is 12.1 Å². The minimum Gasteiger partial charge on any atom is -0.497 e. The van der Waals surface area contributed by atoms with E-state index in [9.17, 15) is 0 Å². The fourth-order valence-electron chi connectivity index (χ4n) is 2.19. The molecule has 4 nitrogen and oxygen atoms in total. The number of para-hydroxylation sites is 1. The first-order chi connectivity index (χ1) is 9.81. The van der Waals surface area contributed by atoms with Gasteiger partial charge < -0.3 is 14.5 Å². The molecule has 3 rings (SSSR count). The minimum atomic E-state index is 0.630. The van der Waals surface area contributed by atoms with Crippen LogP contribution in [0.5, 0.6) is 11.5 Å². The summed E-state index contributed by atoms with van der Waals surface area (Å²) in [6.45, 7) is 2.60. The van der Waals surface area contributed by atoms with E-state index in [1.807, 2.05) is 49.4 Å². The second-order valence-electron chi connectivity index (χ2n) is 4.40. The van der Waals surface area contributed by atoms with Gasteiger partial charge in [-0.25, -0.2) is 4.98 Å². The number of aromatic amines is 1. The molecule has 0 bridgehead atoms. The summed E-state index contributed by atoms with van der Waals surface area (Å²) in [5, 5.41) is 0. The number of hydrogen-bond donors (Lipinski definition) is 1. The Labute approximate surface area is 117 Å². The van der Waals surface area contributed by atoms with Gasteiger partial charge in [0.15, 0.2) is 0 Å². The van der Waals surface area contributed by atoms with Crippen molar-refractivity contribution in [2.75, 3.05) is 13.7 Å². The average molecular weight is 268 g/mol. The molecule has 0 aliphatic rings. The number of imidazole rings is 1. The largest absolute Gasteiger partial charge is 0.497 e. The van der Waals surface area contributed by atoms with Gasteiger partial charge in [-0.05, 0) is 31.2 Å². The summed E-state index contributed by atoms with van der Waals surface area (Å²) in [5.41, 5.74) is 2.82. The van der Waals surface area contributed by atoms with E-state index < -0.39 is 0 Å². The Hall–Kier alpha value is -2.49. The number of H-pyrrole nitrogens is 1. The van der Waals surface area contributed by atoms with Crippen LogP contribution in [-0.2, 0) is 0 Å². The second-order valence-corrected chi connectivity index (χ2v) is 4.40. The minimum absolute atomic E-state index is 0.630. The Morgan fingerprint density at radius 3 is 2.80 bits per heavy atom. The van der Waals surface area contributed by atoms with Crippen molar-refractivity contribution in [2.45, 2.75) is 6.92 Å². The van der Waals surface area contributed by atoms with Gasteiger partial charge in [0, 0.05) is 6.07 Å². The molecule has 3 aromatic rings. The number of nitrogens with zero attached hydrogens (tertiary/aromatic N) is 1. The predicted molar refractivity (Wildman–Crippen MR) is 79.3 cm³/mol. The molecule has 0 saturated heterocycles. The lowest BCUT2D eigenvalue weighted by Gasteiger charge is -2.07. The van der Waals surface area contributed by atoms with E-state index in [2.05, 4.69) is 9.97 Å². The van der Waals surface area contributed by atoms with Gasteiger partial charge in [-0.15, -0.1) is 0 Å². The molecule has 0 amide bonds. The van der Waals surface area contributed by atoms with Gasteiger partial charge in [0.25, 0.3) is 0 Å². The molecule has 2 aromatic carbocycles. The third-order valence-corrected chi connectivity index (χ3v) is 3.13. The molecular formula is C16H16N2O2. The van der Waals surface area contributed by atoms with Crippen molar-refractivity contribution in [3.05, 3.63) is 42.5 Å². The van der Waals surface area contributed by atoms with E-state index in [1.54, 1.807) is 7.11 Å². The molecule has 0 aliphatic carbocycles. The zero-order valence-electron chi connectivity index (χ0n) is 11.5. The first-order valence-electron chi connectivity index (χ1n) is 6.57. The van der Waals surface area contributed by atoms with Crippen LogP contribution in [0.3, 0.4) is 0 Å². The fraction of sp³-hybridized carbons (Fsp3) is 0.188. The summed E-state index contributed by atoms with van der Waals surface area (Å²) in [4.78, 5) is 7.92. The maximum absolute atomic E-state index is 5.65. The standard InChI is InChI=1S/C16H16N2O2/c1-3-20-15-7-5-4-6-12(15)16-17-13-9-8-11(19-2)10-14(13)18-16/h4-10H,3H2,1-2H3,(H,17,18). The molecule has 1 aromatic heterocycles. The van der Waals surface area contributed by atoms with Gasteiger partial charge in [0.2, 0.25) is 0 Å². The van der Waals surface area contributed by atoms with E-state index in [-0.39, 0.29) is 0 Å². The number of hydrogen-bond acceptors (Lipinski definition) is 3. The van der Waals surface area contributed by atoms with Crippen molar-refractivity contribution in [2.24, 2.45) is 0 Å². The first kappa shape index (κ1) is 12.5. The molecule has 0 unspecified atom stereocenters. The quantitative estimate of drug-likeness (QED) is 0.785. The van der Waals surface area contributed by atoms with Crippen molar-refractivity contribution in [3.63, 3.8) is 0 Å². The number of rotatable bonds is 4. The van der Waals surface area contributed by atoms with Crippen LogP contribution in [0.25, 0.3) is 22.4 Å². The molecule has 0 atom stereocenters. The third kappa shape index (κ3) is 2.20. The Kier molecular flexibility index (Phi) is 3.29.